The second kappa shape index (κ2) is 5.95. The molecule has 0 radical (unpaired) electrons. The lowest BCUT2D eigenvalue weighted by atomic mass is 9.98. The molecule has 0 saturated heterocycles. The molecule has 21 heavy (non-hydrogen) atoms. The van der Waals surface area contributed by atoms with Gasteiger partial charge in [-0.3, -0.25) is 0 Å². The minimum absolute atomic E-state index is 0.00456. The van der Waals surface area contributed by atoms with Gasteiger partial charge >= 0.3 is 0 Å². The Kier molecular flexibility index (Phi) is 4.26. The molecule has 0 saturated carbocycles. The molecule has 2 rings (SSSR count). The molecule has 0 atom stereocenters. The molecule has 0 aliphatic carbocycles. The highest BCUT2D eigenvalue weighted by Gasteiger charge is 2.12. The minimum atomic E-state index is -0.657. The summed E-state index contributed by atoms with van der Waals surface area (Å²) >= 11 is 0. The van der Waals surface area contributed by atoms with Gasteiger partial charge in [-0.15, -0.1) is 0 Å². The normalized spacial score (nSPS) is 11.5. The van der Waals surface area contributed by atoms with Gasteiger partial charge in [0.1, 0.15) is 23.1 Å². The van der Waals surface area contributed by atoms with E-state index >= 15 is 0 Å². The number of halogens is 2. The summed E-state index contributed by atoms with van der Waals surface area (Å²) in [5.41, 5.74) is 1.38. The molecule has 0 aliphatic heterocycles. The molecule has 2 N–H and O–H groups in total. The number of phenolic OH excluding ortho intramolecular Hbond substituents is 2. The fourth-order valence-corrected chi connectivity index (χ4v) is 2.20. The number of phenols is 2. The lowest BCUT2D eigenvalue weighted by Crippen LogP contribution is -1.90. The highest BCUT2D eigenvalue weighted by Crippen LogP contribution is 2.35. The monoisotopic (exact) mass is 290 g/mol. The lowest BCUT2D eigenvalue weighted by Gasteiger charge is -2.11. The quantitative estimate of drug-likeness (QED) is 0.806. The summed E-state index contributed by atoms with van der Waals surface area (Å²) in [6, 6.07) is 6.19. The van der Waals surface area contributed by atoms with Crippen LogP contribution in [0.3, 0.4) is 0 Å². The van der Waals surface area contributed by atoms with Crippen LogP contribution < -0.4 is 0 Å². The summed E-state index contributed by atoms with van der Waals surface area (Å²) in [5, 5.41) is 19.8. The van der Waals surface area contributed by atoms with E-state index in [4.69, 9.17) is 0 Å². The van der Waals surface area contributed by atoms with E-state index in [2.05, 4.69) is 0 Å². The van der Waals surface area contributed by atoms with E-state index in [-0.39, 0.29) is 17.4 Å². The molecule has 0 fully saturated rings. The average molecular weight is 290 g/mol. The number of hydrogen-bond acceptors (Lipinski definition) is 2. The van der Waals surface area contributed by atoms with Gasteiger partial charge in [0.2, 0.25) is 0 Å². The Balaban J connectivity index is 2.33. The van der Waals surface area contributed by atoms with Crippen molar-refractivity contribution >= 4 is 12.2 Å². The highest BCUT2D eigenvalue weighted by atomic mass is 19.1. The number of aromatic hydroxyl groups is 2. The molecular weight excluding hydrogens is 274 g/mol. The third-order valence-corrected chi connectivity index (χ3v) is 3.09. The molecule has 2 aromatic carbocycles. The van der Waals surface area contributed by atoms with Crippen molar-refractivity contribution in [1.29, 1.82) is 0 Å². The van der Waals surface area contributed by atoms with E-state index in [0.717, 1.165) is 6.07 Å². The van der Waals surface area contributed by atoms with E-state index in [1.807, 2.05) is 13.8 Å². The van der Waals surface area contributed by atoms with Gasteiger partial charge in [0.25, 0.3) is 0 Å². The zero-order chi connectivity index (χ0) is 15.6. The predicted molar refractivity (Wildman–Crippen MR) is 79.1 cm³/mol. The van der Waals surface area contributed by atoms with Gasteiger partial charge < -0.3 is 10.2 Å². The summed E-state index contributed by atoms with van der Waals surface area (Å²) in [6.45, 7) is 3.72. The summed E-state index contributed by atoms with van der Waals surface area (Å²) in [5.74, 6) is -1.34. The molecule has 0 amide bonds. The molecule has 4 heteroatoms. The van der Waals surface area contributed by atoms with Crippen molar-refractivity contribution in [2.24, 2.45) is 0 Å². The van der Waals surface area contributed by atoms with Crippen LogP contribution in [0.2, 0.25) is 0 Å². The predicted octanol–water partition coefficient (Wildman–Crippen LogP) is 4.67. The first-order valence-corrected chi connectivity index (χ1v) is 6.57. The molecule has 2 nitrogen and oxygen atoms in total. The molecule has 110 valence electrons. The van der Waals surface area contributed by atoms with Crippen LogP contribution in [0, 0.1) is 11.6 Å². The Hall–Kier alpha value is -2.36. The Morgan fingerprint density at radius 1 is 0.810 bits per heavy atom. The Morgan fingerprint density at radius 3 is 1.67 bits per heavy atom. The van der Waals surface area contributed by atoms with Crippen molar-refractivity contribution in [2.45, 2.75) is 19.8 Å². The summed E-state index contributed by atoms with van der Waals surface area (Å²) in [4.78, 5) is 0. The third-order valence-electron chi connectivity index (χ3n) is 3.09. The van der Waals surface area contributed by atoms with Crippen LogP contribution in [0.1, 0.15) is 36.5 Å². The Labute approximate surface area is 122 Å². The summed E-state index contributed by atoms with van der Waals surface area (Å²) in [6.07, 6.45) is 3.08. The van der Waals surface area contributed by atoms with E-state index < -0.39 is 11.6 Å². The van der Waals surface area contributed by atoms with Gasteiger partial charge in [-0.2, -0.15) is 0 Å². The van der Waals surface area contributed by atoms with Crippen LogP contribution in [0.25, 0.3) is 12.2 Å². The number of rotatable bonds is 3. The van der Waals surface area contributed by atoms with Crippen LogP contribution >= 0.6 is 0 Å². The van der Waals surface area contributed by atoms with Crippen molar-refractivity contribution < 1.29 is 19.0 Å². The maximum Gasteiger partial charge on any atom is 0.126 e. The van der Waals surface area contributed by atoms with E-state index in [1.165, 1.54) is 30.3 Å². The fraction of sp³-hybridized carbons (Fsp3) is 0.176. The Bertz CT molecular complexity index is 648. The van der Waals surface area contributed by atoms with E-state index in [0.29, 0.717) is 16.7 Å². The topological polar surface area (TPSA) is 40.5 Å². The van der Waals surface area contributed by atoms with Gasteiger partial charge in [-0.05, 0) is 41.3 Å². The zero-order valence-electron chi connectivity index (χ0n) is 11.8. The van der Waals surface area contributed by atoms with Crippen LogP contribution in [-0.2, 0) is 0 Å². The zero-order valence-corrected chi connectivity index (χ0v) is 11.8. The standard InChI is InChI=1S/C17H16F2O2/c1-10(2)17-15(20)7-12(8-16(17)21)4-3-11-5-13(18)9-14(19)6-11/h3-10,20-21H,1-2H3. The number of hydrogen-bond donors (Lipinski definition) is 2. The van der Waals surface area contributed by atoms with Gasteiger partial charge in [-0.1, -0.05) is 26.0 Å². The van der Waals surface area contributed by atoms with E-state index in [9.17, 15) is 19.0 Å². The smallest absolute Gasteiger partial charge is 0.126 e. The molecule has 0 unspecified atom stereocenters. The van der Waals surface area contributed by atoms with Gasteiger partial charge in [0.05, 0.1) is 0 Å². The second-order valence-electron chi connectivity index (χ2n) is 5.16. The van der Waals surface area contributed by atoms with Crippen molar-refractivity contribution in [3.8, 4) is 11.5 Å². The maximum atomic E-state index is 13.1. The SMILES string of the molecule is CC(C)c1c(O)cc(C=Cc2cc(F)cc(F)c2)cc1O. The average Bonchev–Trinajstić information content (AvgIpc) is 2.34. The van der Waals surface area contributed by atoms with Crippen LogP contribution in [0.5, 0.6) is 11.5 Å². The van der Waals surface area contributed by atoms with Crippen LogP contribution in [0.15, 0.2) is 30.3 Å². The van der Waals surface area contributed by atoms with Gasteiger partial charge in [-0.25, -0.2) is 8.78 Å². The fourth-order valence-electron chi connectivity index (χ4n) is 2.20. The van der Waals surface area contributed by atoms with Crippen LogP contribution in [-0.4, -0.2) is 10.2 Å². The van der Waals surface area contributed by atoms with Crippen LogP contribution in [0.4, 0.5) is 8.78 Å². The molecule has 0 aliphatic rings. The third kappa shape index (κ3) is 3.60. The van der Waals surface area contributed by atoms with Crippen molar-refractivity contribution in [3.05, 3.63) is 58.7 Å². The summed E-state index contributed by atoms with van der Waals surface area (Å²) in [7, 11) is 0. The maximum absolute atomic E-state index is 13.1. The molecule has 0 spiro atoms. The highest BCUT2D eigenvalue weighted by molar-refractivity contribution is 5.71. The first kappa shape index (κ1) is 15.0. The molecule has 2 aromatic rings. The number of benzene rings is 2. The van der Waals surface area contributed by atoms with E-state index in [1.54, 1.807) is 6.08 Å². The van der Waals surface area contributed by atoms with Crippen molar-refractivity contribution in [3.63, 3.8) is 0 Å². The van der Waals surface area contributed by atoms with Crippen molar-refractivity contribution in [2.75, 3.05) is 0 Å². The first-order chi connectivity index (χ1) is 9.86. The minimum Gasteiger partial charge on any atom is -0.507 e. The molecule has 0 heterocycles. The van der Waals surface area contributed by atoms with Gasteiger partial charge in [0, 0.05) is 11.6 Å². The molecule has 0 aromatic heterocycles. The van der Waals surface area contributed by atoms with Gasteiger partial charge in [0.15, 0.2) is 0 Å². The summed E-state index contributed by atoms with van der Waals surface area (Å²) < 4.78 is 26.1. The largest absolute Gasteiger partial charge is 0.507 e. The van der Waals surface area contributed by atoms with Crippen molar-refractivity contribution in [1.82, 2.24) is 0 Å². The second-order valence-corrected chi connectivity index (χ2v) is 5.16. The molecule has 0 bridgehead atoms. The first-order valence-electron chi connectivity index (χ1n) is 6.57. The molecular formula is C17H16F2O2. The Morgan fingerprint density at radius 2 is 1.24 bits per heavy atom. The lowest BCUT2D eigenvalue weighted by molar-refractivity contribution is 0.433.